The Morgan fingerprint density at radius 3 is 2.53 bits per heavy atom. The number of phenols is 1. The van der Waals surface area contributed by atoms with Gasteiger partial charge in [0.2, 0.25) is 0 Å². The van der Waals surface area contributed by atoms with Crippen LogP contribution < -0.4 is 0 Å². The van der Waals surface area contributed by atoms with Crippen LogP contribution in [0.25, 0.3) is 10.9 Å². The molecule has 0 radical (unpaired) electrons. The molecule has 1 aromatic heterocycles. The fourth-order valence-electron chi connectivity index (χ4n) is 1.16. The Kier molecular flexibility index (Phi) is 5.78. The Morgan fingerprint density at radius 2 is 1.87 bits per heavy atom. The molecule has 0 aliphatic rings. The van der Waals surface area contributed by atoms with E-state index in [1.54, 1.807) is 12.3 Å². The lowest BCUT2D eigenvalue weighted by molar-refractivity contribution is 0.477. The van der Waals surface area contributed by atoms with Crippen LogP contribution in [0.15, 0.2) is 33.3 Å². The lowest BCUT2D eigenvalue weighted by Crippen LogP contribution is -1.81. The van der Waals surface area contributed by atoms with Gasteiger partial charge < -0.3 is 10.6 Å². The molecule has 1 heterocycles. The zero-order chi connectivity index (χ0) is 9.42. The van der Waals surface area contributed by atoms with Gasteiger partial charge in [0.05, 0.1) is 4.47 Å². The van der Waals surface area contributed by atoms with E-state index in [9.17, 15) is 5.11 Å². The van der Waals surface area contributed by atoms with E-state index < -0.39 is 0 Å². The van der Waals surface area contributed by atoms with Gasteiger partial charge in [-0.2, -0.15) is 0 Å². The van der Waals surface area contributed by atoms with E-state index in [1.807, 2.05) is 12.1 Å². The summed E-state index contributed by atoms with van der Waals surface area (Å²) in [5.74, 6) is 0.179. The molecule has 15 heavy (non-hydrogen) atoms. The molecule has 1 aromatic carbocycles. The summed E-state index contributed by atoms with van der Waals surface area (Å²) in [5, 5.41) is 10.6. The van der Waals surface area contributed by atoms with E-state index in [0.717, 1.165) is 9.86 Å². The van der Waals surface area contributed by atoms with Gasteiger partial charge in [0.25, 0.3) is 0 Å². The maximum atomic E-state index is 9.65. The van der Waals surface area contributed by atoms with Crippen LogP contribution in [0.2, 0.25) is 0 Å². The average Bonchev–Trinajstić information content (AvgIpc) is 2.15. The molecule has 0 saturated heterocycles. The number of hydrogen-bond donors (Lipinski definition) is 1. The third kappa shape index (κ3) is 2.71. The summed E-state index contributed by atoms with van der Waals surface area (Å²) < 4.78 is 1.56. The molecule has 2 rings (SSSR count). The van der Waals surface area contributed by atoms with Crippen molar-refractivity contribution in [2.24, 2.45) is 0 Å². The third-order valence-electron chi connectivity index (χ3n) is 1.77. The Hall–Kier alpha value is -0.118. The van der Waals surface area contributed by atoms with Crippen molar-refractivity contribution in [3.8, 4) is 5.75 Å². The fraction of sp³-hybridized carbons (Fsp3) is 0. The number of phenolic OH excluding ortho intramolecular Hbond substituents is 1. The lowest BCUT2D eigenvalue weighted by atomic mass is 10.2. The highest BCUT2D eigenvalue weighted by Crippen LogP contribution is 2.35. The number of nitrogens with zero attached hydrogens (tertiary/aromatic N) is 1. The van der Waals surface area contributed by atoms with Gasteiger partial charge >= 0.3 is 0 Å². The largest absolute Gasteiger partial charge is 0.505 e. The summed E-state index contributed by atoms with van der Waals surface area (Å²) in [7, 11) is 0. The quantitative estimate of drug-likeness (QED) is 0.731. The van der Waals surface area contributed by atoms with E-state index in [4.69, 9.17) is 0 Å². The summed E-state index contributed by atoms with van der Waals surface area (Å²) in [6.07, 6.45) is 1.65. The fourth-order valence-corrected chi connectivity index (χ4v) is 2.43. The second-order valence-electron chi connectivity index (χ2n) is 2.59. The first-order valence-electron chi connectivity index (χ1n) is 3.62. The molecule has 6 heteroatoms. The highest BCUT2D eigenvalue weighted by molar-refractivity contribution is 9.11. The number of fused-ring (bicyclic) bond motifs is 1. The second-order valence-corrected chi connectivity index (χ2v) is 4.30. The summed E-state index contributed by atoms with van der Waals surface area (Å²) >= 11 is 6.65. The third-order valence-corrected chi connectivity index (χ3v) is 3.03. The van der Waals surface area contributed by atoms with Gasteiger partial charge in [-0.05, 0) is 28.1 Å². The molecule has 0 unspecified atom stereocenters. The molecule has 80 valence electrons. The van der Waals surface area contributed by atoms with Crippen LogP contribution in [0.4, 0.5) is 0 Å². The molecule has 0 fully saturated rings. The summed E-state index contributed by atoms with van der Waals surface area (Å²) in [5.41, 5.74) is 0.601. The van der Waals surface area contributed by atoms with Crippen LogP contribution in [0.5, 0.6) is 5.75 Å². The molecule has 0 spiro atoms. The van der Waals surface area contributed by atoms with Gasteiger partial charge in [0.1, 0.15) is 5.52 Å². The molecule has 2 aromatic rings. The van der Waals surface area contributed by atoms with Crippen molar-refractivity contribution in [2.45, 2.75) is 0 Å². The minimum atomic E-state index is 0. The first-order valence-corrected chi connectivity index (χ1v) is 5.20. The number of benzene rings is 1. The first-order chi connectivity index (χ1) is 6.20. The van der Waals surface area contributed by atoms with Crippen LogP contribution in [0, 0.1) is 0 Å². The van der Waals surface area contributed by atoms with Gasteiger partial charge in [-0.15, -0.1) is 0 Å². The van der Waals surface area contributed by atoms with Crippen LogP contribution in [0.1, 0.15) is 0 Å². The van der Waals surface area contributed by atoms with Crippen molar-refractivity contribution in [1.29, 1.82) is 0 Å². The maximum absolute atomic E-state index is 9.65. The Bertz CT molecular complexity index is 479. The number of hydrogen-bond acceptors (Lipinski definition) is 2. The minimum absolute atomic E-state index is 0. The van der Waals surface area contributed by atoms with E-state index >= 15 is 0 Å². The maximum Gasteiger partial charge on any atom is 0.187 e. The van der Waals surface area contributed by atoms with Crippen molar-refractivity contribution in [2.75, 3.05) is 0 Å². The standard InChI is InChI=1S/C9H5Br2NO.Al.H2O.3H/c10-6-4-7(11)9(13)8-5(6)2-1-3-12-8;;;;;/h1-4,13H;;1H2;;;. The monoisotopic (exact) mass is 349 g/mol. The topological polar surface area (TPSA) is 64.6 Å². The van der Waals surface area contributed by atoms with Gasteiger partial charge in [0, 0.05) is 16.1 Å². The summed E-state index contributed by atoms with van der Waals surface area (Å²) in [6, 6.07) is 5.54. The SMILES string of the molecule is O.Oc1c(Br)cc(Br)c2cccnc12.[AlH3]. The van der Waals surface area contributed by atoms with E-state index in [-0.39, 0.29) is 28.6 Å². The Labute approximate surface area is 114 Å². The van der Waals surface area contributed by atoms with E-state index in [1.165, 1.54) is 0 Å². The average molecular weight is 351 g/mol. The number of halogens is 2. The van der Waals surface area contributed by atoms with Crippen LogP contribution >= 0.6 is 31.9 Å². The van der Waals surface area contributed by atoms with Crippen molar-refractivity contribution < 1.29 is 10.6 Å². The van der Waals surface area contributed by atoms with Crippen molar-refractivity contribution >= 4 is 60.1 Å². The van der Waals surface area contributed by atoms with Gasteiger partial charge in [-0.1, -0.05) is 22.0 Å². The van der Waals surface area contributed by atoms with E-state index in [0.29, 0.717) is 9.99 Å². The molecule has 0 amide bonds. The molecular weight excluding hydrogens is 341 g/mol. The molecule has 0 bridgehead atoms. The smallest absolute Gasteiger partial charge is 0.187 e. The van der Waals surface area contributed by atoms with Gasteiger partial charge in [-0.3, -0.25) is 4.98 Å². The molecule has 0 aliphatic heterocycles. The zero-order valence-corrected chi connectivity index (χ0v) is 10.1. The molecule has 0 atom stereocenters. The van der Waals surface area contributed by atoms with Crippen LogP contribution in [-0.4, -0.2) is 32.9 Å². The predicted molar refractivity (Wildman–Crippen MR) is 72.4 cm³/mol. The van der Waals surface area contributed by atoms with Gasteiger partial charge in [-0.25, -0.2) is 0 Å². The molecular formula is C9H10AlBr2NO2. The first kappa shape index (κ1) is 14.9. The normalized spacial score (nSPS) is 9.20. The van der Waals surface area contributed by atoms with Gasteiger partial charge in [0.15, 0.2) is 23.1 Å². The molecule has 0 saturated carbocycles. The minimum Gasteiger partial charge on any atom is -0.505 e. The molecule has 0 aliphatic carbocycles. The summed E-state index contributed by atoms with van der Waals surface area (Å²) in [4.78, 5) is 4.09. The molecule has 3 N–H and O–H groups in total. The predicted octanol–water partition coefficient (Wildman–Crippen LogP) is 1.46. The lowest BCUT2D eigenvalue weighted by Gasteiger charge is -2.03. The number of aromatic nitrogens is 1. The van der Waals surface area contributed by atoms with Crippen molar-refractivity contribution in [3.63, 3.8) is 0 Å². The zero-order valence-electron chi connectivity index (χ0n) is 6.96. The highest BCUT2D eigenvalue weighted by atomic mass is 79.9. The Morgan fingerprint density at radius 1 is 1.20 bits per heavy atom. The highest BCUT2D eigenvalue weighted by Gasteiger charge is 2.08. The number of rotatable bonds is 0. The number of aromatic hydroxyl groups is 1. The van der Waals surface area contributed by atoms with Crippen LogP contribution in [-0.2, 0) is 0 Å². The second kappa shape index (κ2) is 5.83. The van der Waals surface area contributed by atoms with Crippen LogP contribution in [0.3, 0.4) is 0 Å². The van der Waals surface area contributed by atoms with Crippen molar-refractivity contribution in [1.82, 2.24) is 4.98 Å². The molecule has 3 nitrogen and oxygen atoms in total. The van der Waals surface area contributed by atoms with Crippen molar-refractivity contribution in [3.05, 3.63) is 33.3 Å². The number of pyridine rings is 1. The van der Waals surface area contributed by atoms with E-state index in [2.05, 4.69) is 36.8 Å². The Balaban J connectivity index is 0.000000980. The summed E-state index contributed by atoms with van der Waals surface area (Å²) in [6.45, 7) is 0.